The zero-order valence-electron chi connectivity index (χ0n) is 12.1. The molecule has 0 aliphatic carbocycles. The van der Waals surface area contributed by atoms with Gasteiger partial charge in [-0.05, 0) is 24.6 Å². The van der Waals surface area contributed by atoms with Crippen molar-refractivity contribution < 1.29 is 0 Å². The van der Waals surface area contributed by atoms with Crippen LogP contribution < -0.4 is 5.32 Å². The molecule has 1 N–H and O–H groups in total. The maximum absolute atomic E-state index is 4.75. The molecule has 0 unspecified atom stereocenters. The first-order valence-electron chi connectivity index (χ1n) is 7.19. The Morgan fingerprint density at radius 3 is 2.74 bits per heavy atom. The third-order valence-electron chi connectivity index (χ3n) is 3.21. The first-order valence-corrected chi connectivity index (χ1v) is 8.35. The van der Waals surface area contributed by atoms with Gasteiger partial charge >= 0.3 is 0 Å². The van der Waals surface area contributed by atoms with E-state index in [9.17, 15) is 0 Å². The van der Waals surface area contributed by atoms with Gasteiger partial charge in [-0.2, -0.15) is 11.8 Å². The lowest BCUT2D eigenvalue weighted by atomic mass is 10.2. The third kappa shape index (κ3) is 5.51. The van der Waals surface area contributed by atoms with E-state index in [0.717, 1.165) is 25.3 Å². The van der Waals surface area contributed by atoms with Gasteiger partial charge in [0.25, 0.3) is 0 Å². The summed E-state index contributed by atoms with van der Waals surface area (Å²) in [7, 11) is 0. The Bertz CT molecular complexity index is 375. The maximum Gasteiger partial charge on any atom is 0.0547 e. The Hall–Kier alpha value is -0.580. The number of rotatable bonds is 6. The molecule has 0 saturated carbocycles. The summed E-state index contributed by atoms with van der Waals surface area (Å²) < 4.78 is 0. The van der Waals surface area contributed by atoms with Crippen LogP contribution in [0.1, 0.15) is 25.2 Å². The van der Waals surface area contributed by atoms with Crippen LogP contribution in [0.3, 0.4) is 0 Å². The Morgan fingerprint density at radius 2 is 2.00 bits per heavy atom. The fourth-order valence-electron chi connectivity index (χ4n) is 2.19. The minimum Gasteiger partial charge on any atom is -0.311 e. The highest BCUT2D eigenvalue weighted by Gasteiger charge is 2.11. The van der Waals surface area contributed by atoms with Crippen molar-refractivity contribution in [3.63, 3.8) is 0 Å². The number of aromatic nitrogens is 1. The Balaban J connectivity index is 1.83. The van der Waals surface area contributed by atoms with Crippen molar-refractivity contribution in [2.24, 2.45) is 5.92 Å². The maximum atomic E-state index is 4.75. The van der Waals surface area contributed by atoms with Crippen LogP contribution in [0.4, 0.5) is 0 Å². The average Bonchev–Trinajstić information content (AvgIpc) is 2.40. The van der Waals surface area contributed by atoms with E-state index < -0.39 is 0 Å². The molecule has 0 atom stereocenters. The van der Waals surface area contributed by atoms with Crippen LogP contribution in [0, 0.1) is 5.92 Å². The van der Waals surface area contributed by atoms with Crippen molar-refractivity contribution in [3.8, 4) is 0 Å². The monoisotopic (exact) mass is 279 g/mol. The van der Waals surface area contributed by atoms with E-state index in [4.69, 9.17) is 4.98 Å². The zero-order valence-corrected chi connectivity index (χ0v) is 12.9. The average molecular weight is 279 g/mol. The van der Waals surface area contributed by atoms with Gasteiger partial charge in [0.1, 0.15) is 0 Å². The molecule has 106 valence electrons. The van der Waals surface area contributed by atoms with E-state index in [2.05, 4.69) is 54.0 Å². The van der Waals surface area contributed by atoms with Crippen molar-refractivity contribution in [1.29, 1.82) is 0 Å². The summed E-state index contributed by atoms with van der Waals surface area (Å²) in [6, 6.07) is 6.39. The molecule has 0 spiro atoms. The van der Waals surface area contributed by atoms with Crippen LogP contribution in [0.2, 0.25) is 0 Å². The summed E-state index contributed by atoms with van der Waals surface area (Å²) in [5, 5.41) is 3.45. The first-order chi connectivity index (χ1) is 9.24. The molecule has 0 radical (unpaired) electrons. The SMILES string of the molecule is CC(C)CNCc1cccc(CN2CCSCC2)n1. The molecule has 1 aliphatic rings. The van der Waals surface area contributed by atoms with Crippen molar-refractivity contribution >= 4 is 11.8 Å². The molecule has 1 saturated heterocycles. The highest BCUT2D eigenvalue weighted by atomic mass is 32.2. The van der Waals surface area contributed by atoms with E-state index in [0.29, 0.717) is 5.92 Å². The van der Waals surface area contributed by atoms with E-state index >= 15 is 0 Å². The minimum atomic E-state index is 0.689. The van der Waals surface area contributed by atoms with Crippen molar-refractivity contribution in [2.75, 3.05) is 31.1 Å². The van der Waals surface area contributed by atoms with Crippen LogP contribution >= 0.6 is 11.8 Å². The Labute approximate surface area is 121 Å². The molecule has 2 rings (SSSR count). The molecule has 19 heavy (non-hydrogen) atoms. The van der Waals surface area contributed by atoms with Crippen molar-refractivity contribution in [2.45, 2.75) is 26.9 Å². The number of nitrogens with zero attached hydrogens (tertiary/aromatic N) is 2. The third-order valence-corrected chi connectivity index (χ3v) is 4.15. The molecule has 1 aliphatic heterocycles. The number of hydrogen-bond acceptors (Lipinski definition) is 4. The summed E-state index contributed by atoms with van der Waals surface area (Å²) in [5.41, 5.74) is 2.36. The van der Waals surface area contributed by atoms with E-state index in [1.807, 2.05) is 0 Å². The van der Waals surface area contributed by atoms with Crippen LogP contribution in [-0.4, -0.2) is 41.0 Å². The molecule has 4 heteroatoms. The van der Waals surface area contributed by atoms with Crippen molar-refractivity contribution in [3.05, 3.63) is 29.6 Å². The van der Waals surface area contributed by atoms with Gasteiger partial charge in [-0.1, -0.05) is 19.9 Å². The molecule has 0 bridgehead atoms. The van der Waals surface area contributed by atoms with Gasteiger partial charge in [0.05, 0.1) is 11.4 Å². The lowest BCUT2D eigenvalue weighted by molar-refractivity contribution is 0.290. The molecular weight excluding hydrogens is 254 g/mol. The fraction of sp³-hybridized carbons (Fsp3) is 0.667. The van der Waals surface area contributed by atoms with Crippen LogP contribution in [0.5, 0.6) is 0 Å². The van der Waals surface area contributed by atoms with Gasteiger partial charge in [0, 0.05) is 37.7 Å². The normalized spacial score (nSPS) is 17.0. The lowest BCUT2D eigenvalue weighted by Gasteiger charge is -2.25. The Kier molecular flexibility index (Phi) is 6.14. The van der Waals surface area contributed by atoms with Gasteiger partial charge < -0.3 is 5.32 Å². The summed E-state index contributed by atoms with van der Waals surface area (Å²) in [5.74, 6) is 3.21. The van der Waals surface area contributed by atoms with Gasteiger partial charge in [0.15, 0.2) is 0 Å². The zero-order chi connectivity index (χ0) is 13.5. The summed E-state index contributed by atoms with van der Waals surface area (Å²) in [4.78, 5) is 7.26. The van der Waals surface area contributed by atoms with E-state index in [1.165, 1.54) is 30.3 Å². The second-order valence-corrected chi connectivity index (χ2v) is 6.76. The molecule has 0 aromatic carbocycles. The number of pyridine rings is 1. The lowest BCUT2D eigenvalue weighted by Crippen LogP contribution is -2.32. The highest BCUT2D eigenvalue weighted by Crippen LogP contribution is 2.12. The summed E-state index contributed by atoms with van der Waals surface area (Å²) in [6.07, 6.45) is 0. The van der Waals surface area contributed by atoms with Crippen LogP contribution in [-0.2, 0) is 13.1 Å². The molecule has 0 amide bonds. The predicted octanol–water partition coefficient (Wildman–Crippen LogP) is 2.38. The predicted molar refractivity (Wildman–Crippen MR) is 83.4 cm³/mol. The molecule has 2 heterocycles. The van der Waals surface area contributed by atoms with Crippen LogP contribution in [0.15, 0.2) is 18.2 Å². The fourth-order valence-corrected chi connectivity index (χ4v) is 3.17. The minimum absolute atomic E-state index is 0.689. The number of thioether (sulfide) groups is 1. The molecule has 1 aromatic heterocycles. The summed E-state index contributed by atoms with van der Waals surface area (Å²) >= 11 is 2.05. The number of hydrogen-bond donors (Lipinski definition) is 1. The van der Waals surface area contributed by atoms with Crippen molar-refractivity contribution in [1.82, 2.24) is 15.2 Å². The topological polar surface area (TPSA) is 28.2 Å². The van der Waals surface area contributed by atoms with Gasteiger partial charge in [-0.25, -0.2) is 0 Å². The van der Waals surface area contributed by atoms with E-state index in [1.54, 1.807) is 0 Å². The van der Waals surface area contributed by atoms with Crippen LogP contribution in [0.25, 0.3) is 0 Å². The summed E-state index contributed by atoms with van der Waals surface area (Å²) in [6.45, 7) is 9.77. The second kappa shape index (κ2) is 7.88. The molecule has 1 aromatic rings. The largest absolute Gasteiger partial charge is 0.311 e. The standard InChI is InChI=1S/C15H25N3S/c1-13(2)10-16-11-14-4-3-5-15(17-14)12-18-6-8-19-9-7-18/h3-5,13,16H,6-12H2,1-2H3. The second-order valence-electron chi connectivity index (χ2n) is 5.53. The van der Waals surface area contributed by atoms with Gasteiger partial charge in [-0.15, -0.1) is 0 Å². The highest BCUT2D eigenvalue weighted by molar-refractivity contribution is 7.99. The Morgan fingerprint density at radius 1 is 1.26 bits per heavy atom. The quantitative estimate of drug-likeness (QED) is 0.865. The number of nitrogens with one attached hydrogen (secondary N) is 1. The molecule has 3 nitrogen and oxygen atoms in total. The van der Waals surface area contributed by atoms with Gasteiger partial charge in [-0.3, -0.25) is 9.88 Å². The van der Waals surface area contributed by atoms with Gasteiger partial charge in [0.2, 0.25) is 0 Å². The molecule has 1 fully saturated rings. The van der Waals surface area contributed by atoms with E-state index in [-0.39, 0.29) is 0 Å². The first kappa shape index (κ1) is 14.8. The molecular formula is C15H25N3S. The smallest absolute Gasteiger partial charge is 0.0547 e.